The van der Waals surface area contributed by atoms with E-state index < -0.39 is 0 Å². The molecule has 0 fully saturated rings. The lowest BCUT2D eigenvalue weighted by Gasteiger charge is -2.08. The maximum absolute atomic E-state index is 8.26. The average Bonchev–Trinajstić information content (AvgIpc) is 1.68. The van der Waals surface area contributed by atoms with Gasteiger partial charge in [0.25, 0.3) is 0 Å². The minimum Gasteiger partial charge on any atom is -0.412 e. The largest absolute Gasteiger partial charge is 0.412 e. The lowest BCUT2D eigenvalue weighted by molar-refractivity contribution is 0.511. The second-order valence-electron chi connectivity index (χ2n) is 2.20. The number of nitriles is 1. The predicted octanol–water partition coefficient (Wildman–Crippen LogP) is -3.63. The van der Waals surface area contributed by atoms with Crippen LogP contribution in [0, 0.1) is 16.7 Å². The van der Waals surface area contributed by atoms with Crippen LogP contribution in [-0.4, -0.2) is 33.9 Å². The van der Waals surface area contributed by atoms with Crippen molar-refractivity contribution >= 4 is 0 Å². The Kier molecular flexibility index (Phi) is 59.6. The van der Waals surface area contributed by atoms with Gasteiger partial charge in [0.2, 0.25) is 0 Å². The average molecular weight is 188 g/mol. The summed E-state index contributed by atoms with van der Waals surface area (Å²) in [5, 5.41) is 8.26. The van der Waals surface area contributed by atoms with Crippen LogP contribution in [-0.2, 0) is 0 Å². The summed E-state index contributed by atoms with van der Waals surface area (Å²) in [6.07, 6.45) is 0. The van der Waals surface area contributed by atoms with Gasteiger partial charge >= 0.3 is 0 Å². The zero-order chi connectivity index (χ0) is 5.91. The normalized spacial score (nSPS) is 6.17. The Labute approximate surface area is 71.3 Å². The third kappa shape index (κ3) is 22.8. The van der Waals surface area contributed by atoms with Crippen molar-refractivity contribution in [2.24, 2.45) is 11.1 Å². The Morgan fingerprint density at radius 3 is 1.33 bits per heavy atom. The van der Waals surface area contributed by atoms with Crippen LogP contribution in [0.5, 0.6) is 0 Å². The summed E-state index contributed by atoms with van der Waals surface area (Å²) in [6, 6.07) is 2.07. The topological polar surface area (TPSA) is 207 Å². The molecule has 0 atom stereocenters. The second kappa shape index (κ2) is 16.7. The van der Waals surface area contributed by atoms with E-state index >= 15 is 0 Å². The molecule has 0 aliphatic heterocycles. The van der Waals surface area contributed by atoms with Gasteiger partial charge in [0, 0.05) is 6.54 Å². The molecule has 0 saturated heterocycles. The molecule has 0 aromatic carbocycles. The molecule has 0 aliphatic rings. The molecule has 0 unspecified atom stereocenters. The molecule has 12 N–H and O–H groups in total. The fourth-order valence-corrected chi connectivity index (χ4v) is 0.0456. The molecule has 0 spiro atoms. The van der Waals surface area contributed by atoms with E-state index in [0.717, 1.165) is 0 Å². The van der Waals surface area contributed by atoms with E-state index in [1.165, 1.54) is 0 Å². The third-order valence-electron chi connectivity index (χ3n) is 0.813. The van der Waals surface area contributed by atoms with Crippen molar-refractivity contribution in [3.63, 3.8) is 0 Å². The van der Waals surface area contributed by atoms with Gasteiger partial charge in [-0.15, -0.1) is 0 Å². The highest BCUT2D eigenvalue weighted by molar-refractivity contribution is 4.91. The van der Waals surface area contributed by atoms with Crippen molar-refractivity contribution in [3.05, 3.63) is 0 Å². The van der Waals surface area contributed by atoms with E-state index in [9.17, 15) is 0 Å². The minimum atomic E-state index is -0.333. The zero-order valence-corrected chi connectivity index (χ0v) is 7.23. The predicted molar refractivity (Wildman–Crippen MR) is 46.5 cm³/mol. The second-order valence-corrected chi connectivity index (χ2v) is 2.20. The summed E-state index contributed by atoms with van der Waals surface area (Å²) < 4.78 is 0. The first-order valence-electron chi connectivity index (χ1n) is 2.24. The van der Waals surface area contributed by atoms with Crippen LogP contribution in [0.1, 0.15) is 13.8 Å². The molecule has 0 amide bonds. The third-order valence-corrected chi connectivity index (χ3v) is 0.813. The molecule has 0 bridgehead atoms. The van der Waals surface area contributed by atoms with Gasteiger partial charge in [-0.1, -0.05) is 0 Å². The van der Waals surface area contributed by atoms with Gasteiger partial charge in [-0.25, -0.2) is 0 Å². The number of hydrogen-bond donors (Lipinski definition) is 1. The standard InChI is InChI=1S/C5H10N2.5H2O/c1-5(2,3-6)4-7;;;;;/h3,6H2,1-2H3;5*1H2. The van der Waals surface area contributed by atoms with Gasteiger partial charge in [-0.2, -0.15) is 5.26 Å². The van der Waals surface area contributed by atoms with E-state index in [2.05, 4.69) is 6.07 Å². The van der Waals surface area contributed by atoms with Gasteiger partial charge in [-0.05, 0) is 13.8 Å². The van der Waals surface area contributed by atoms with Gasteiger partial charge in [0.1, 0.15) is 0 Å². The van der Waals surface area contributed by atoms with Crippen LogP contribution >= 0.6 is 0 Å². The van der Waals surface area contributed by atoms with Crippen molar-refractivity contribution in [2.75, 3.05) is 6.54 Å². The highest BCUT2D eigenvalue weighted by Gasteiger charge is 2.11. The number of nitrogens with zero attached hydrogens (tertiary/aromatic N) is 1. The summed E-state index contributed by atoms with van der Waals surface area (Å²) in [4.78, 5) is 0. The Morgan fingerprint density at radius 1 is 1.08 bits per heavy atom. The Balaban J connectivity index is -0.0000000180. The van der Waals surface area contributed by atoms with Crippen molar-refractivity contribution in [1.82, 2.24) is 0 Å². The van der Waals surface area contributed by atoms with Crippen LogP contribution in [0.2, 0.25) is 0 Å². The van der Waals surface area contributed by atoms with Gasteiger partial charge in [0.15, 0.2) is 0 Å². The molecule has 0 aromatic rings. The molecule has 0 aliphatic carbocycles. The summed E-state index contributed by atoms with van der Waals surface area (Å²) in [6.45, 7) is 4.06. The summed E-state index contributed by atoms with van der Waals surface area (Å²) in [7, 11) is 0. The molecule has 80 valence electrons. The van der Waals surface area contributed by atoms with Crippen LogP contribution in [0.25, 0.3) is 0 Å². The Hall–Kier alpha value is -0.750. The van der Waals surface area contributed by atoms with E-state index in [1.54, 1.807) is 0 Å². The molecule has 0 aromatic heterocycles. The van der Waals surface area contributed by atoms with E-state index in [4.69, 9.17) is 11.0 Å². The monoisotopic (exact) mass is 188 g/mol. The fraction of sp³-hybridized carbons (Fsp3) is 0.800. The molecule has 0 saturated carbocycles. The van der Waals surface area contributed by atoms with Crippen LogP contribution in [0.15, 0.2) is 0 Å². The Bertz CT molecular complexity index is 101. The highest BCUT2D eigenvalue weighted by Crippen LogP contribution is 2.08. The lowest BCUT2D eigenvalue weighted by Crippen LogP contribution is -2.20. The maximum Gasteiger partial charge on any atom is 0.0697 e. The van der Waals surface area contributed by atoms with Crippen molar-refractivity contribution in [3.8, 4) is 6.07 Å². The van der Waals surface area contributed by atoms with E-state index in [0.29, 0.717) is 6.54 Å². The molecule has 12 heavy (non-hydrogen) atoms. The molecule has 0 radical (unpaired) electrons. The zero-order valence-electron chi connectivity index (χ0n) is 7.23. The minimum absolute atomic E-state index is 0. The first kappa shape index (κ1) is 42.9. The van der Waals surface area contributed by atoms with Gasteiger partial charge < -0.3 is 33.1 Å². The molecule has 0 heterocycles. The van der Waals surface area contributed by atoms with Gasteiger partial charge in [0.05, 0.1) is 11.5 Å². The van der Waals surface area contributed by atoms with Crippen LogP contribution in [0.3, 0.4) is 0 Å². The quantitative estimate of drug-likeness (QED) is 0.441. The fourth-order valence-electron chi connectivity index (χ4n) is 0.0456. The molecular formula is C5H20N2O5. The highest BCUT2D eigenvalue weighted by atomic mass is 16.0. The van der Waals surface area contributed by atoms with Crippen molar-refractivity contribution in [1.29, 1.82) is 5.26 Å². The SMILES string of the molecule is CC(C)(C#N)CN.O.O.O.O.O. The van der Waals surface area contributed by atoms with Gasteiger partial charge in [-0.3, -0.25) is 0 Å². The van der Waals surface area contributed by atoms with Crippen LogP contribution in [0.4, 0.5) is 0 Å². The molecular weight excluding hydrogens is 168 g/mol. The number of rotatable bonds is 1. The smallest absolute Gasteiger partial charge is 0.0697 e. The number of hydrogen-bond acceptors (Lipinski definition) is 2. The number of nitrogens with two attached hydrogens (primary N) is 1. The van der Waals surface area contributed by atoms with E-state index in [-0.39, 0.29) is 32.8 Å². The van der Waals surface area contributed by atoms with Crippen molar-refractivity contribution < 1.29 is 27.4 Å². The van der Waals surface area contributed by atoms with Crippen LogP contribution < -0.4 is 5.73 Å². The molecule has 0 rings (SSSR count). The maximum atomic E-state index is 8.26. The lowest BCUT2D eigenvalue weighted by atomic mass is 9.97. The Morgan fingerprint density at radius 2 is 1.33 bits per heavy atom. The summed E-state index contributed by atoms with van der Waals surface area (Å²) in [5.41, 5.74) is 4.86. The van der Waals surface area contributed by atoms with E-state index in [1.807, 2.05) is 13.8 Å². The molecule has 7 nitrogen and oxygen atoms in total. The first-order chi connectivity index (χ1) is 3.12. The van der Waals surface area contributed by atoms with Crippen molar-refractivity contribution in [2.45, 2.75) is 13.8 Å². The molecule has 7 heteroatoms. The summed E-state index contributed by atoms with van der Waals surface area (Å²) in [5.74, 6) is 0. The summed E-state index contributed by atoms with van der Waals surface area (Å²) >= 11 is 0. The first-order valence-corrected chi connectivity index (χ1v) is 2.24.